The molecule has 10 nitrogen and oxygen atoms in total. The summed E-state index contributed by atoms with van der Waals surface area (Å²) in [6.07, 6.45) is 0. The molecule has 0 atom stereocenters. The number of aromatic nitrogens is 4. The lowest BCUT2D eigenvalue weighted by Gasteiger charge is -2.10. The van der Waals surface area contributed by atoms with Crippen LogP contribution in [0.3, 0.4) is 0 Å². The van der Waals surface area contributed by atoms with Crippen LogP contribution < -0.4 is 15.2 Å². The lowest BCUT2D eigenvalue weighted by molar-refractivity contribution is 0.403. The average molecular weight is 456 g/mol. The van der Waals surface area contributed by atoms with Crippen molar-refractivity contribution in [1.82, 2.24) is 20.2 Å². The van der Waals surface area contributed by atoms with Gasteiger partial charge in [-0.2, -0.15) is 15.3 Å². The number of benzene rings is 2. The molecule has 0 radical (unpaired) electrons. The number of aromatic amines is 1. The van der Waals surface area contributed by atoms with Crippen molar-refractivity contribution < 1.29 is 13.2 Å². The molecule has 0 aliphatic carbocycles. The molecule has 156 valence electrons. The topological polar surface area (TPSA) is 160 Å². The van der Waals surface area contributed by atoms with Crippen molar-refractivity contribution in [3.8, 4) is 23.3 Å². The number of fused-ring (bicyclic) bond motifs is 1. The third-order valence-electron chi connectivity index (χ3n) is 4.36. The summed E-state index contributed by atoms with van der Waals surface area (Å²) >= 11 is 5.90. The Hall–Kier alpha value is -3.88. The van der Waals surface area contributed by atoms with Crippen LogP contribution in [0.5, 0.6) is 5.88 Å². The molecule has 0 bridgehead atoms. The second-order valence-corrected chi connectivity index (χ2v) is 8.41. The van der Waals surface area contributed by atoms with E-state index in [4.69, 9.17) is 22.1 Å². The molecule has 4 N–H and O–H groups in total. The van der Waals surface area contributed by atoms with E-state index in [1.54, 1.807) is 24.3 Å². The van der Waals surface area contributed by atoms with E-state index in [9.17, 15) is 13.7 Å². The molecule has 4 rings (SSSR count). The molecular formula is C19H14ClN7O3S. The van der Waals surface area contributed by atoms with E-state index in [2.05, 4.69) is 24.9 Å². The van der Waals surface area contributed by atoms with E-state index in [-0.39, 0.29) is 32.9 Å². The van der Waals surface area contributed by atoms with Gasteiger partial charge in [-0.25, -0.2) is 13.4 Å². The van der Waals surface area contributed by atoms with Crippen molar-refractivity contribution in [2.75, 3.05) is 17.6 Å². The Balaban J connectivity index is 1.66. The van der Waals surface area contributed by atoms with Crippen LogP contribution in [-0.2, 0) is 10.0 Å². The third-order valence-corrected chi connectivity index (χ3v) is 6.01. The number of anilines is 2. The third kappa shape index (κ3) is 3.81. The largest absolute Gasteiger partial charge is 0.480 e. The summed E-state index contributed by atoms with van der Waals surface area (Å²) in [5.41, 5.74) is 7.09. The number of sulfonamides is 1. The first kappa shape index (κ1) is 20.4. The molecule has 0 aliphatic heterocycles. The summed E-state index contributed by atoms with van der Waals surface area (Å²) < 4.78 is 33.2. The Labute approximate surface area is 181 Å². The van der Waals surface area contributed by atoms with E-state index in [0.717, 1.165) is 0 Å². The normalized spacial score (nSPS) is 11.3. The number of nitrogen functional groups attached to an aromatic ring is 1. The molecule has 0 saturated heterocycles. The fourth-order valence-corrected chi connectivity index (χ4v) is 4.38. The van der Waals surface area contributed by atoms with Crippen LogP contribution in [-0.4, -0.2) is 35.7 Å². The summed E-state index contributed by atoms with van der Waals surface area (Å²) in [7, 11) is -2.57. The van der Waals surface area contributed by atoms with Crippen molar-refractivity contribution in [2.24, 2.45) is 0 Å². The zero-order valence-electron chi connectivity index (χ0n) is 15.9. The van der Waals surface area contributed by atoms with Crippen molar-refractivity contribution in [3.05, 3.63) is 53.1 Å². The maximum atomic E-state index is 12.7. The predicted octanol–water partition coefficient (Wildman–Crippen LogP) is 2.94. The minimum atomic E-state index is -4.03. The molecule has 2 aromatic carbocycles. The van der Waals surface area contributed by atoms with Crippen LogP contribution >= 0.6 is 11.6 Å². The first-order chi connectivity index (χ1) is 14.8. The Kier molecular flexibility index (Phi) is 5.10. The van der Waals surface area contributed by atoms with Crippen molar-refractivity contribution in [2.45, 2.75) is 4.90 Å². The highest BCUT2D eigenvalue weighted by Crippen LogP contribution is 2.30. The molecule has 0 saturated carbocycles. The highest BCUT2D eigenvalue weighted by atomic mass is 35.5. The van der Waals surface area contributed by atoms with Gasteiger partial charge in [0.2, 0.25) is 5.88 Å². The van der Waals surface area contributed by atoms with Crippen LogP contribution in [0, 0.1) is 11.3 Å². The SMILES string of the molecule is COc1nc(-c2ccc(NS(=O)(=O)c3cc(Cl)ccc3C#N)cc2)nc2[nH]nc(N)c12. The highest BCUT2D eigenvalue weighted by Gasteiger charge is 2.20. The fraction of sp³-hybridized carbons (Fsp3) is 0.0526. The number of methoxy groups -OCH3 is 1. The maximum absolute atomic E-state index is 12.7. The van der Waals surface area contributed by atoms with Gasteiger partial charge in [-0.15, -0.1) is 0 Å². The number of H-pyrrole nitrogens is 1. The van der Waals surface area contributed by atoms with Gasteiger partial charge in [0.15, 0.2) is 17.3 Å². The number of ether oxygens (including phenoxy) is 1. The monoisotopic (exact) mass is 455 g/mol. The molecule has 2 heterocycles. The lowest BCUT2D eigenvalue weighted by atomic mass is 10.2. The van der Waals surface area contributed by atoms with Gasteiger partial charge in [-0.3, -0.25) is 9.82 Å². The number of nitrogens with one attached hydrogen (secondary N) is 2. The highest BCUT2D eigenvalue weighted by molar-refractivity contribution is 7.92. The number of rotatable bonds is 5. The second-order valence-electron chi connectivity index (χ2n) is 6.32. The van der Waals surface area contributed by atoms with Crippen LogP contribution in [0.15, 0.2) is 47.4 Å². The number of hydrogen-bond donors (Lipinski definition) is 3. The molecule has 0 spiro atoms. The molecular weight excluding hydrogens is 442 g/mol. The predicted molar refractivity (Wildman–Crippen MR) is 115 cm³/mol. The Morgan fingerprint density at radius 3 is 2.61 bits per heavy atom. The van der Waals surface area contributed by atoms with Crippen LogP contribution in [0.4, 0.5) is 11.5 Å². The van der Waals surface area contributed by atoms with E-state index >= 15 is 0 Å². The van der Waals surface area contributed by atoms with Gasteiger partial charge < -0.3 is 10.5 Å². The van der Waals surface area contributed by atoms with Crippen LogP contribution in [0.1, 0.15) is 5.56 Å². The second kappa shape index (κ2) is 7.75. The average Bonchev–Trinajstić information content (AvgIpc) is 3.14. The van der Waals surface area contributed by atoms with Crippen molar-refractivity contribution in [1.29, 1.82) is 5.26 Å². The zero-order chi connectivity index (χ0) is 22.2. The number of nitrogens with zero attached hydrogens (tertiary/aromatic N) is 4. The number of halogens is 1. The summed E-state index contributed by atoms with van der Waals surface area (Å²) in [6, 6.07) is 12.2. The first-order valence-electron chi connectivity index (χ1n) is 8.71. The van der Waals surface area contributed by atoms with Crippen LogP contribution in [0.25, 0.3) is 22.4 Å². The molecule has 0 unspecified atom stereocenters. The number of nitriles is 1. The minimum Gasteiger partial charge on any atom is -0.480 e. The smallest absolute Gasteiger partial charge is 0.263 e. The van der Waals surface area contributed by atoms with Crippen LogP contribution in [0.2, 0.25) is 5.02 Å². The molecule has 12 heteroatoms. The maximum Gasteiger partial charge on any atom is 0.263 e. The molecule has 0 amide bonds. The molecule has 31 heavy (non-hydrogen) atoms. The molecule has 0 aliphatic rings. The summed E-state index contributed by atoms with van der Waals surface area (Å²) in [5, 5.41) is 16.5. The minimum absolute atomic E-state index is 0.0128. The van der Waals surface area contributed by atoms with Gasteiger partial charge in [0.05, 0.1) is 12.7 Å². The van der Waals surface area contributed by atoms with Gasteiger partial charge in [0.1, 0.15) is 16.4 Å². The first-order valence-corrected chi connectivity index (χ1v) is 10.6. The van der Waals surface area contributed by atoms with Gasteiger partial charge in [0.25, 0.3) is 10.0 Å². The van der Waals surface area contributed by atoms with Crippen molar-refractivity contribution in [3.63, 3.8) is 0 Å². The summed E-state index contributed by atoms with van der Waals surface area (Å²) in [4.78, 5) is 8.52. The molecule has 0 fully saturated rings. The van der Waals surface area contributed by atoms with E-state index in [1.165, 1.54) is 25.3 Å². The van der Waals surface area contributed by atoms with Gasteiger partial charge in [-0.05, 0) is 42.5 Å². The van der Waals surface area contributed by atoms with Gasteiger partial charge >= 0.3 is 0 Å². The van der Waals surface area contributed by atoms with Gasteiger partial charge in [-0.1, -0.05) is 11.6 Å². The Morgan fingerprint density at radius 2 is 1.94 bits per heavy atom. The number of hydrogen-bond acceptors (Lipinski definition) is 8. The number of nitrogens with two attached hydrogens (primary N) is 1. The van der Waals surface area contributed by atoms with E-state index in [0.29, 0.717) is 22.4 Å². The molecule has 4 aromatic rings. The Morgan fingerprint density at radius 1 is 1.19 bits per heavy atom. The lowest BCUT2D eigenvalue weighted by Crippen LogP contribution is -2.14. The summed E-state index contributed by atoms with van der Waals surface area (Å²) in [6.45, 7) is 0. The van der Waals surface area contributed by atoms with E-state index in [1.807, 2.05) is 6.07 Å². The van der Waals surface area contributed by atoms with Gasteiger partial charge in [0, 0.05) is 16.3 Å². The zero-order valence-corrected chi connectivity index (χ0v) is 17.5. The van der Waals surface area contributed by atoms with Crippen molar-refractivity contribution >= 4 is 44.2 Å². The Bertz CT molecular complexity index is 1440. The fourth-order valence-electron chi connectivity index (χ4n) is 2.91. The quantitative estimate of drug-likeness (QED) is 0.414. The molecule has 2 aromatic heterocycles. The standard InChI is InChI=1S/C19H14ClN7O3S/c1-30-19-15-16(22)25-26-18(15)23-17(24-19)10-3-6-13(7-4-10)27-31(28,29)14-8-12(20)5-2-11(14)9-21/h2-8,27H,1H3,(H3,22,23,24,25,26). The van der Waals surface area contributed by atoms with E-state index < -0.39 is 10.0 Å². The summed E-state index contributed by atoms with van der Waals surface area (Å²) in [5.74, 6) is 0.825.